The van der Waals surface area contributed by atoms with Crippen LogP contribution >= 0.6 is 0 Å². The van der Waals surface area contributed by atoms with Gasteiger partial charge in [0.15, 0.2) is 0 Å². The highest BCUT2D eigenvalue weighted by Crippen LogP contribution is 2.07. The van der Waals surface area contributed by atoms with Gasteiger partial charge < -0.3 is 4.90 Å². The SMILES string of the molecule is CCc1nc(C(=O)N(CC)C(C)CC)n[nH]1. The highest BCUT2D eigenvalue weighted by molar-refractivity contribution is 5.90. The van der Waals surface area contributed by atoms with Crippen LogP contribution in [0.3, 0.4) is 0 Å². The molecule has 5 nitrogen and oxygen atoms in total. The third-order valence-electron chi connectivity index (χ3n) is 2.78. The van der Waals surface area contributed by atoms with E-state index in [1.807, 2.05) is 20.8 Å². The zero-order chi connectivity index (χ0) is 12.1. The van der Waals surface area contributed by atoms with Gasteiger partial charge >= 0.3 is 0 Å². The standard InChI is InChI=1S/C11H20N4O/c1-5-8(4)15(7-3)11(16)10-12-9(6-2)13-14-10/h8H,5-7H2,1-4H3,(H,12,13,14). The molecule has 1 unspecified atom stereocenters. The van der Waals surface area contributed by atoms with Crippen molar-refractivity contribution in [2.24, 2.45) is 0 Å². The fourth-order valence-electron chi connectivity index (χ4n) is 1.55. The Morgan fingerprint density at radius 3 is 2.56 bits per heavy atom. The smallest absolute Gasteiger partial charge is 0.293 e. The maximum atomic E-state index is 12.1. The van der Waals surface area contributed by atoms with Crippen LogP contribution in [-0.2, 0) is 6.42 Å². The topological polar surface area (TPSA) is 61.9 Å². The summed E-state index contributed by atoms with van der Waals surface area (Å²) < 4.78 is 0. The molecule has 0 aliphatic carbocycles. The van der Waals surface area contributed by atoms with Crippen LogP contribution in [0.2, 0.25) is 0 Å². The number of hydrogen-bond donors (Lipinski definition) is 1. The van der Waals surface area contributed by atoms with Crippen LogP contribution in [0.1, 0.15) is 50.6 Å². The first-order valence-electron chi connectivity index (χ1n) is 5.86. The molecule has 1 rings (SSSR count). The molecule has 1 heterocycles. The van der Waals surface area contributed by atoms with Gasteiger partial charge in [0.2, 0.25) is 5.82 Å². The zero-order valence-electron chi connectivity index (χ0n) is 10.4. The van der Waals surface area contributed by atoms with Crippen LogP contribution < -0.4 is 0 Å². The number of hydrogen-bond acceptors (Lipinski definition) is 3. The highest BCUT2D eigenvalue weighted by Gasteiger charge is 2.22. The average molecular weight is 224 g/mol. The van der Waals surface area contributed by atoms with E-state index in [9.17, 15) is 4.79 Å². The summed E-state index contributed by atoms with van der Waals surface area (Å²) in [4.78, 5) is 18.0. The van der Waals surface area contributed by atoms with Crippen LogP contribution in [0.4, 0.5) is 0 Å². The van der Waals surface area contributed by atoms with Gasteiger partial charge in [-0.25, -0.2) is 4.98 Å². The molecule has 90 valence electrons. The van der Waals surface area contributed by atoms with Crippen LogP contribution in [0, 0.1) is 0 Å². The largest absolute Gasteiger partial charge is 0.333 e. The molecule has 1 amide bonds. The number of amides is 1. The summed E-state index contributed by atoms with van der Waals surface area (Å²) in [7, 11) is 0. The van der Waals surface area contributed by atoms with E-state index in [0.29, 0.717) is 6.54 Å². The molecule has 1 N–H and O–H groups in total. The first-order chi connectivity index (χ1) is 7.63. The lowest BCUT2D eigenvalue weighted by atomic mass is 10.2. The zero-order valence-corrected chi connectivity index (χ0v) is 10.4. The number of rotatable bonds is 5. The predicted octanol–water partition coefficient (Wildman–Crippen LogP) is 1.63. The number of aromatic nitrogens is 3. The number of nitrogens with zero attached hydrogens (tertiary/aromatic N) is 3. The van der Waals surface area contributed by atoms with Crippen molar-refractivity contribution in [1.29, 1.82) is 0 Å². The number of H-pyrrole nitrogens is 1. The van der Waals surface area contributed by atoms with Gasteiger partial charge in [-0.05, 0) is 20.3 Å². The van der Waals surface area contributed by atoms with E-state index in [4.69, 9.17) is 0 Å². The molecule has 0 bridgehead atoms. The van der Waals surface area contributed by atoms with Crippen molar-refractivity contribution in [1.82, 2.24) is 20.1 Å². The minimum Gasteiger partial charge on any atom is -0.333 e. The van der Waals surface area contributed by atoms with E-state index in [1.165, 1.54) is 0 Å². The Morgan fingerprint density at radius 1 is 1.44 bits per heavy atom. The van der Waals surface area contributed by atoms with Crippen molar-refractivity contribution in [3.8, 4) is 0 Å². The van der Waals surface area contributed by atoms with E-state index in [0.717, 1.165) is 18.7 Å². The quantitative estimate of drug-likeness (QED) is 0.826. The second-order valence-electron chi connectivity index (χ2n) is 3.81. The Balaban J connectivity index is 2.82. The second kappa shape index (κ2) is 5.63. The van der Waals surface area contributed by atoms with Crippen molar-refractivity contribution in [3.05, 3.63) is 11.6 Å². The third kappa shape index (κ3) is 2.59. The van der Waals surface area contributed by atoms with Crippen molar-refractivity contribution in [2.75, 3.05) is 6.54 Å². The number of aryl methyl sites for hydroxylation is 1. The summed E-state index contributed by atoms with van der Waals surface area (Å²) in [5.41, 5.74) is 0. The second-order valence-corrected chi connectivity index (χ2v) is 3.81. The van der Waals surface area contributed by atoms with E-state index in [1.54, 1.807) is 4.90 Å². The van der Waals surface area contributed by atoms with Crippen LogP contribution in [-0.4, -0.2) is 38.6 Å². The van der Waals surface area contributed by atoms with Gasteiger partial charge in [0.1, 0.15) is 5.82 Å². The van der Waals surface area contributed by atoms with Gasteiger partial charge in [-0.1, -0.05) is 13.8 Å². The molecule has 0 aliphatic rings. The summed E-state index contributed by atoms with van der Waals surface area (Å²) in [6, 6.07) is 0.223. The normalized spacial score (nSPS) is 12.5. The Hall–Kier alpha value is -1.39. The molecule has 5 heteroatoms. The monoisotopic (exact) mass is 224 g/mol. The van der Waals surface area contributed by atoms with Crippen molar-refractivity contribution in [2.45, 2.75) is 46.6 Å². The van der Waals surface area contributed by atoms with Crippen molar-refractivity contribution in [3.63, 3.8) is 0 Å². The van der Waals surface area contributed by atoms with Gasteiger partial charge in [0.25, 0.3) is 5.91 Å². The minimum atomic E-state index is -0.0900. The molecule has 0 spiro atoms. The van der Waals surface area contributed by atoms with E-state index >= 15 is 0 Å². The fraction of sp³-hybridized carbons (Fsp3) is 0.727. The average Bonchev–Trinajstić information content (AvgIpc) is 2.78. The Kier molecular flexibility index (Phi) is 4.46. The summed E-state index contributed by atoms with van der Waals surface area (Å²) in [5, 5.41) is 6.71. The van der Waals surface area contributed by atoms with Gasteiger partial charge in [0, 0.05) is 19.0 Å². The van der Waals surface area contributed by atoms with Crippen LogP contribution in [0.15, 0.2) is 0 Å². The number of aromatic amines is 1. The predicted molar refractivity (Wildman–Crippen MR) is 62.2 cm³/mol. The number of carbonyl (C=O) groups excluding carboxylic acids is 1. The molecule has 0 saturated heterocycles. The number of carbonyl (C=O) groups is 1. The molecule has 0 fully saturated rings. The molecule has 1 aromatic rings. The van der Waals surface area contributed by atoms with E-state index in [-0.39, 0.29) is 17.8 Å². The maximum Gasteiger partial charge on any atom is 0.293 e. The fourth-order valence-corrected chi connectivity index (χ4v) is 1.55. The molecule has 0 aromatic carbocycles. The maximum absolute atomic E-state index is 12.1. The molecule has 1 aromatic heterocycles. The van der Waals surface area contributed by atoms with E-state index < -0.39 is 0 Å². The summed E-state index contributed by atoms with van der Waals surface area (Å²) in [6.45, 7) is 8.73. The molecule has 0 saturated carbocycles. The molecule has 0 aliphatic heterocycles. The van der Waals surface area contributed by atoms with Gasteiger partial charge in [-0.15, -0.1) is 5.10 Å². The lowest BCUT2D eigenvalue weighted by Crippen LogP contribution is -2.38. The molecule has 16 heavy (non-hydrogen) atoms. The minimum absolute atomic E-state index is 0.0900. The summed E-state index contributed by atoms with van der Waals surface area (Å²) in [5.74, 6) is 0.940. The van der Waals surface area contributed by atoms with Crippen molar-refractivity contribution >= 4 is 5.91 Å². The molecule has 0 radical (unpaired) electrons. The highest BCUT2D eigenvalue weighted by atomic mass is 16.2. The Labute approximate surface area is 96.3 Å². The molecular formula is C11H20N4O. The van der Waals surface area contributed by atoms with Crippen molar-refractivity contribution < 1.29 is 4.79 Å². The summed E-state index contributed by atoms with van der Waals surface area (Å²) in [6.07, 6.45) is 1.69. The van der Waals surface area contributed by atoms with E-state index in [2.05, 4.69) is 22.1 Å². The van der Waals surface area contributed by atoms with Gasteiger partial charge in [0.05, 0.1) is 0 Å². The third-order valence-corrected chi connectivity index (χ3v) is 2.78. The van der Waals surface area contributed by atoms with Gasteiger partial charge in [-0.3, -0.25) is 9.89 Å². The lowest BCUT2D eigenvalue weighted by molar-refractivity contribution is 0.0687. The Morgan fingerprint density at radius 2 is 2.12 bits per heavy atom. The van der Waals surface area contributed by atoms with Crippen LogP contribution in [0.25, 0.3) is 0 Å². The Bertz CT molecular complexity index is 348. The number of nitrogens with one attached hydrogen (secondary N) is 1. The van der Waals surface area contributed by atoms with Crippen LogP contribution in [0.5, 0.6) is 0 Å². The first-order valence-corrected chi connectivity index (χ1v) is 5.86. The molecular weight excluding hydrogens is 204 g/mol. The summed E-state index contributed by atoms with van der Waals surface area (Å²) >= 11 is 0. The lowest BCUT2D eigenvalue weighted by Gasteiger charge is -2.25. The van der Waals surface area contributed by atoms with Gasteiger partial charge in [-0.2, -0.15) is 0 Å². The first kappa shape index (κ1) is 12.7. The molecule has 1 atom stereocenters.